The number of hydrogen-bond acceptors (Lipinski definition) is 11. The monoisotopic (exact) mass is 666 g/mol. The molecule has 1 aromatic heterocycles. The number of rotatable bonds is 10. The number of esters is 3. The second-order valence-electron chi connectivity index (χ2n) is 10.9. The molecule has 1 N–H and O–H groups in total. The van der Waals surface area contributed by atoms with Gasteiger partial charge in [-0.3, -0.25) is 14.3 Å². The quantitative estimate of drug-likeness (QED) is 0.170. The van der Waals surface area contributed by atoms with Crippen molar-refractivity contribution in [3.63, 3.8) is 0 Å². The van der Waals surface area contributed by atoms with Crippen LogP contribution in [0.4, 0.5) is 0 Å². The highest BCUT2D eigenvalue weighted by Crippen LogP contribution is 2.38. The number of carbonyl (C=O) groups is 3. The van der Waals surface area contributed by atoms with Gasteiger partial charge >= 0.3 is 23.6 Å². The summed E-state index contributed by atoms with van der Waals surface area (Å²) in [5.41, 5.74) is -1.02. The van der Waals surface area contributed by atoms with Crippen molar-refractivity contribution in [2.75, 3.05) is 20.8 Å². The van der Waals surface area contributed by atoms with E-state index in [-0.39, 0.29) is 39.1 Å². The van der Waals surface area contributed by atoms with Crippen LogP contribution in [0, 0.1) is 0 Å². The predicted molar refractivity (Wildman–Crippen MR) is 174 cm³/mol. The van der Waals surface area contributed by atoms with Crippen LogP contribution in [0.15, 0.2) is 113 Å². The Morgan fingerprint density at radius 1 is 0.694 bits per heavy atom. The van der Waals surface area contributed by atoms with Crippen molar-refractivity contribution in [1.29, 1.82) is 0 Å². The lowest BCUT2D eigenvalue weighted by Gasteiger charge is -2.25. The van der Waals surface area contributed by atoms with Gasteiger partial charge in [0.05, 0.1) is 41.8 Å². The van der Waals surface area contributed by atoms with Crippen LogP contribution in [0.2, 0.25) is 0 Å². The maximum Gasteiger partial charge on any atom is 0.338 e. The van der Waals surface area contributed by atoms with E-state index in [1.54, 1.807) is 66.7 Å². The second kappa shape index (κ2) is 14.3. The summed E-state index contributed by atoms with van der Waals surface area (Å²) in [5.74, 6) is -1.90. The van der Waals surface area contributed by atoms with Gasteiger partial charge in [0.25, 0.3) is 5.56 Å². The minimum atomic E-state index is -1.51. The number of nitrogens with zero attached hydrogens (tertiary/aromatic N) is 1. The summed E-state index contributed by atoms with van der Waals surface area (Å²) in [4.78, 5) is 68.8. The van der Waals surface area contributed by atoms with Gasteiger partial charge in [-0.05, 0) is 42.5 Å². The second-order valence-corrected chi connectivity index (χ2v) is 10.9. The van der Waals surface area contributed by atoms with Gasteiger partial charge in [0, 0.05) is 6.07 Å². The van der Waals surface area contributed by atoms with Gasteiger partial charge in [-0.15, -0.1) is 0 Å². The lowest BCUT2D eigenvalue weighted by molar-refractivity contribution is -0.0620. The molecule has 0 bridgehead atoms. The Kier molecular flexibility index (Phi) is 9.53. The van der Waals surface area contributed by atoms with E-state index in [0.717, 1.165) is 4.57 Å². The highest BCUT2D eigenvalue weighted by molar-refractivity contribution is 5.91. The fraction of sp³-hybridized carbons (Fsp3) is 0.194. The number of aromatic nitrogens is 2. The van der Waals surface area contributed by atoms with E-state index in [2.05, 4.69) is 4.98 Å². The maximum absolute atomic E-state index is 13.6. The lowest BCUT2D eigenvalue weighted by Crippen LogP contribution is -2.43. The molecule has 4 aromatic carbocycles. The van der Waals surface area contributed by atoms with E-state index in [4.69, 9.17) is 28.4 Å². The third kappa shape index (κ3) is 6.78. The molecular formula is C36H30N2O11. The van der Waals surface area contributed by atoms with E-state index in [1.807, 2.05) is 0 Å². The number of carbonyl (C=O) groups excluding carboxylic acids is 3. The molecule has 0 spiro atoms. The van der Waals surface area contributed by atoms with Gasteiger partial charge in [0.15, 0.2) is 29.9 Å². The van der Waals surface area contributed by atoms with E-state index in [0.29, 0.717) is 0 Å². The molecule has 0 saturated carbocycles. The molecule has 13 heteroatoms. The van der Waals surface area contributed by atoms with Gasteiger partial charge in [-0.1, -0.05) is 54.6 Å². The van der Waals surface area contributed by atoms with Gasteiger partial charge in [0.2, 0.25) is 0 Å². The zero-order valence-corrected chi connectivity index (χ0v) is 26.3. The first-order valence-corrected chi connectivity index (χ1v) is 15.1. The number of ether oxygens (including phenoxy) is 6. The summed E-state index contributed by atoms with van der Waals surface area (Å²) in [6.07, 6.45) is -5.68. The molecule has 0 amide bonds. The topological polar surface area (TPSA) is 161 Å². The Morgan fingerprint density at radius 3 is 1.71 bits per heavy atom. The van der Waals surface area contributed by atoms with Crippen molar-refractivity contribution in [3.05, 3.63) is 141 Å². The molecule has 0 unspecified atom stereocenters. The maximum atomic E-state index is 13.6. The summed E-state index contributed by atoms with van der Waals surface area (Å²) in [5, 5.41) is 0.0192. The molecule has 250 valence electrons. The molecule has 13 nitrogen and oxygen atoms in total. The molecule has 2 heterocycles. The Balaban J connectivity index is 1.47. The number of methoxy groups -OCH3 is 2. The van der Waals surface area contributed by atoms with E-state index in [9.17, 15) is 24.0 Å². The first kappa shape index (κ1) is 32.7. The smallest absolute Gasteiger partial charge is 0.338 e. The average molecular weight is 667 g/mol. The molecule has 49 heavy (non-hydrogen) atoms. The molecule has 0 radical (unpaired) electrons. The van der Waals surface area contributed by atoms with Crippen molar-refractivity contribution in [3.8, 4) is 11.5 Å². The number of aromatic amines is 1. The molecule has 1 saturated heterocycles. The minimum absolute atomic E-state index is 0.0192. The van der Waals surface area contributed by atoms with Crippen LogP contribution < -0.4 is 20.7 Å². The van der Waals surface area contributed by atoms with Crippen LogP contribution >= 0.6 is 0 Å². The average Bonchev–Trinajstić information content (AvgIpc) is 3.46. The highest BCUT2D eigenvalue weighted by atomic mass is 16.7. The fourth-order valence-corrected chi connectivity index (χ4v) is 5.50. The SMILES string of the molecule is COc1cc2c(=O)[nH]c(=O)n([C@@H]3O[C@H](COC(=O)c4ccccc4)[C@@H](OC(=O)c4ccccc4)[C@H]3OC(=O)c3ccccc3)c2cc1OC. The normalized spacial score (nSPS) is 18.4. The summed E-state index contributed by atoms with van der Waals surface area (Å²) < 4.78 is 35.7. The number of hydrogen-bond donors (Lipinski definition) is 1. The third-order valence-corrected chi connectivity index (χ3v) is 7.88. The molecule has 1 aliphatic heterocycles. The lowest BCUT2D eigenvalue weighted by atomic mass is 10.1. The minimum Gasteiger partial charge on any atom is -0.493 e. The van der Waals surface area contributed by atoms with Gasteiger partial charge in [-0.2, -0.15) is 0 Å². The zero-order chi connectivity index (χ0) is 34.5. The largest absolute Gasteiger partial charge is 0.493 e. The first-order chi connectivity index (χ1) is 23.8. The number of nitrogens with one attached hydrogen (secondary N) is 1. The molecule has 6 rings (SSSR count). The van der Waals surface area contributed by atoms with Crippen molar-refractivity contribution >= 4 is 28.8 Å². The van der Waals surface area contributed by atoms with E-state index >= 15 is 0 Å². The van der Waals surface area contributed by atoms with Gasteiger partial charge in [0.1, 0.15) is 12.7 Å². The number of fused-ring (bicyclic) bond motifs is 1. The third-order valence-electron chi connectivity index (χ3n) is 7.88. The van der Waals surface area contributed by atoms with Crippen LogP contribution in [0.1, 0.15) is 37.3 Å². The fourth-order valence-electron chi connectivity index (χ4n) is 5.50. The van der Waals surface area contributed by atoms with Crippen LogP contribution in [-0.2, 0) is 18.9 Å². The Labute approximate surface area is 278 Å². The van der Waals surface area contributed by atoms with Crippen molar-refractivity contribution < 1.29 is 42.8 Å². The van der Waals surface area contributed by atoms with Crippen LogP contribution in [0.5, 0.6) is 11.5 Å². The Bertz CT molecular complexity index is 2100. The molecular weight excluding hydrogens is 636 g/mol. The molecule has 1 fully saturated rings. The van der Waals surface area contributed by atoms with Crippen LogP contribution in [0.3, 0.4) is 0 Å². The summed E-state index contributed by atoms with van der Waals surface area (Å²) in [7, 11) is 2.77. The van der Waals surface area contributed by atoms with Crippen LogP contribution in [-0.4, -0.2) is 66.6 Å². The van der Waals surface area contributed by atoms with Crippen molar-refractivity contribution in [1.82, 2.24) is 9.55 Å². The Hall–Kier alpha value is -6.21. The van der Waals surface area contributed by atoms with Crippen molar-refractivity contribution in [2.24, 2.45) is 0 Å². The van der Waals surface area contributed by atoms with Gasteiger partial charge in [-0.25, -0.2) is 19.2 Å². The molecule has 5 aromatic rings. The van der Waals surface area contributed by atoms with Crippen LogP contribution in [0.25, 0.3) is 10.9 Å². The summed E-state index contributed by atoms with van der Waals surface area (Å²) in [6, 6.07) is 27.1. The molecule has 4 atom stereocenters. The number of benzene rings is 4. The number of H-pyrrole nitrogens is 1. The highest BCUT2D eigenvalue weighted by Gasteiger charge is 2.52. The van der Waals surface area contributed by atoms with Gasteiger partial charge < -0.3 is 28.4 Å². The molecule has 0 aliphatic carbocycles. The summed E-state index contributed by atoms with van der Waals surface area (Å²) in [6.45, 7) is -0.469. The molecule has 1 aliphatic rings. The first-order valence-electron chi connectivity index (χ1n) is 15.1. The standard InChI is InChI=1S/C36H30N2O11/c1-44-26-18-24-25(19-27(26)45-2)38(36(43)37-31(24)39)32-30(49-35(42)23-16-10-5-11-17-23)29(48-34(41)22-14-8-4-9-15-22)28(47-32)20-46-33(40)21-12-6-3-7-13-21/h3-19,28-30,32H,20H2,1-2H3,(H,37,39,43)/t28-,29-,30-,32-/m1/s1. The zero-order valence-electron chi connectivity index (χ0n) is 26.3. The predicted octanol–water partition coefficient (Wildman–Crippen LogP) is 3.91. The van der Waals surface area contributed by atoms with E-state index in [1.165, 1.54) is 50.6 Å². The van der Waals surface area contributed by atoms with Crippen molar-refractivity contribution in [2.45, 2.75) is 24.5 Å². The summed E-state index contributed by atoms with van der Waals surface area (Å²) >= 11 is 0. The van der Waals surface area contributed by atoms with E-state index < -0.39 is 60.3 Å². The Morgan fingerprint density at radius 2 is 1.18 bits per heavy atom.